The first kappa shape index (κ1) is 84.4. The molecular weight excluding hydrogens is 1240 g/mol. The molecule has 532 valence electrons. The number of nitrogens with one attached hydrogen (secondary N) is 10. The normalized spacial score (nSPS) is 23.2. The minimum absolute atomic E-state index is 0.141. The Labute approximate surface area is 549 Å². The van der Waals surface area contributed by atoms with Gasteiger partial charge in [-0.05, 0) is 105 Å². The number of aliphatic hydroxyl groups excluding tert-OH is 4. The number of hydrogen-bond donors (Lipinski definition) is 18. The van der Waals surface area contributed by atoms with E-state index in [1.165, 1.54) is 6.92 Å². The Balaban J connectivity index is 4.10. The number of aliphatic carboxylic acids is 1. The lowest BCUT2D eigenvalue weighted by Crippen LogP contribution is -2.62. The van der Waals surface area contributed by atoms with E-state index in [9.17, 15) is 83.1 Å². The molecule has 0 radical (unpaired) electrons. The highest BCUT2D eigenvalue weighted by molar-refractivity contribution is 6.18. The number of esters is 1. The van der Waals surface area contributed by atoms with Crippen molar-refractivity contribution in [2.45, 2.75) is 235 Å². The number of halogens is 1. The largest absolute Gasteiger partial charge is 0.479 e. The van der Waals surface area contributed by atoms with Crippen LogP contribution < -0.4 is 70.4 Å². The average molecular weight is 1350 g/mol. The van der Waals surface area contributed by atoms with Gasteiger partial charge in [0.2, 0.25) is 53.2 Å². The Hall–Kier alpha value is -6.65. The molecule has 32 nitrogen and oxygen atoms in total. The van der Waals surface area contributed by atoms with Crippen LogP contribution in [0.2, 0.25) is 0 Å². The van der Waals surface area contributed by atoms with Crippen LogP contribution in [0.25, 0.3) is 0 Å². The first-order chi connectivity index (χ1) is 44.2. The lowest BCUT2D eigenvalue weighted by Gasteiger charge is -2.29. The van der Waals surface area contributed by atoms with E-state index in [2.05, 4.69) is 54.4 Å². The Morgan fingerprint density at radius 3 is 1.67 bits per heavy atom. The summed E-state index contributed by atoms with van der Waals surface area (Å²) < 4.78 is 5.37. The number of allylic oxidation sites excluding steroid dienone is 1. The molecule has 93 heavy (non-hydrogen) atoms. The van der Waals surface area contributed by atoms with Gasteiger partial charge in [0, 0.05) is 6.54 Å². The van der Waals surface area contributed by atoms with Crippen LogP contribution in [0.5, 0.6) is 0 Å². The van der Waals surface area contributed by atoms with Crippen molar-refractivity contribution >= 4 is 82.6 Å². The summed E-state index contributed by atoms with van der Waals surface area (Å²) in [5.74, 6) is -16.3. The Morgan fingerprint density at radius 2 is 1.13 bits per heavy atom. The third-order valence-corrected chi connectivity index (χ3v) is 15.4. The van der Waals surface area contributed by atoms with Crippen molar-refractivity contribution in [3.63, 3.8) is 0 Å². The minimum atomic E-state index is -2.83. The number of amides is 10. The van der Waals surface area contributed by atoms with Crippen molar-refractivity contribution in [1.82, 2.24) is 58.1 Å². The second-order valence-electron chi connectivity index (χ2n) is 23.4. The molecular formula is C60H107ClN14O18. The van der Waals surface area contributed by atoms with Gasteiger partial charge in [-0.2, -0.15) is 0 Å². The number of hydrogen-bond acceptors (Lipinski definition) is 21. The smallest absolute Gasteiger partial charge is 0.335 e. The van der Waals surface area contributed by atoms with E-state index in [0.717, 1.165) is 96.6 Å². The number of ether oxygens (including phenoxy) is 1. The highest BCUT2D eigenvalue weighted by atomic mass is 35.5. The Bertz CT molecular complexity index is 2390. The van der Waals surface area contributed by atoms with Gasteiger partial charge >= 0.3 is 11.9 Å². The third kappa shape index (κ3) is 34.4. The van der Waals surface area contributed by atoms with Crippen LogP contribution in [0.4, 0.5) is 0 Å². The molecule has 1 aliphatic rings. The summed E-state index contributed by atoms with van der Waals surface area (Å²) in [7, 11) is 3.94. The van der Waals surface area contributed by atoms with Crippen LogP contribution in [0.1, 0.15) is 162 Å². The molecule has 0 aromatic heterocycles. The zero-order valence-electron chi connectivity index (χ0n) is 54.6. The molecule has 0 saturated carbocycles. The fraction of sp³-hybridized carbons (Fsp3) is 0.767. The van der Waals surface area contributed by atoms with E-state index in [4.69, 9.17) is 33.5 Å². The molecule has 0 aliphatic carbocycles. The van der Waals surface area contributed by atoms with Gasteiger partial charge in [-0.25, -0.2) is 9.59 Å². The van der Waals surface area contributed by atoms with Gasteiger partial charge in [0.1, 0.15) is 54.6 Å². The van der Waals surface area contributed by atoms with Crippen molar-refractivity contribution in [2.75, 3.05) is 59.3 Å². The van der Waals surface area contributed by atoms with Crippen LogP contribution in [-0.2, 0) is 62.3 Å². The predicted octanol–water partition coefficient (Wildman–Crippen LogP) is -3.62. The molecule has 1 aliphatic heterocycles. The maximum Gasteiger partial charge on any atom is 0.335 e. The number of aliphatic hydroxyl groups is 4. The summed E-state index contributed by atoms with van der Waals surface area (Å²) in [6, 6.07) is -15.5. The second kappa shape index (κ2) is 48.1. The molecule has 0 spiro atoms. The lowest BCUT2D eigenvalue weighted by atomic mass is 10.0. The maximum atomic E-state index is 14.6. The van der Waals surface area contributed by atoms with Crippen LogP contribution in [0.3, 0.4) is 0 Å². The summed E-state index contributed by atoms with van der Waals surface area (Å²) in [4.78, 5) is 169. The SMILES string of the molecule is C/C=C1/NC(=O)[C@H]([C@H](C)O)NC(=O)[C@H](CCN)NC(=O)[C@H](CCCCN)NC(=O)[C@H](CC(=O)NCCCCCCCN(C)C)NC(=O)[C@@H](CCN)NC(=O)[C@@H](NC(=O)C[C@@H](O)CCCCCCCCCCC)COC(=O)[C@H]([C@H](O)CCl)NC(=O)[C@H](C(O)C(=O)O)NC1=O. The number of rotatable bonds is 36. The van der Waals surface area contributed by atoms with Crippen LogP contribution in [0.15, 0.2) is 11.8 Å². The van der Waals surface area contributed by atoms with Crippen LogP contribution in [-0.4, -0.2) is 233 Å². The van der Waals surface area contributed by atoms with Gasteiger partial charge in [0.15, 0.2) is 12.1 Å². The number of carboxylic acid groups (broad SMARTS) is 1. The van der Waals surface area contributed by atoms with Gasteiger partial charge in [0.05, 0.1) is 37.0 Å². The molecule has 1 fully saturated rings. The van der Waals surface area contributed by atoms with Crippen molar-refractivity contribution in [3.05, 3.63) is 11.8 Å². The van der Waals surface area contributed by atoms with Crippen LogP contribution in [0, 0.1) is 0 Å². The van der Waals surface area contributed by atoms with E-state index in [1.54, 1.807) is 0 Å². The van der Waals surface area contributed by atoms with E-state index >= 15 is 0 Å². The molecule has 12 atom stereocenters. The number of cyclic esters (lactones) is 1. The van der Waals surface area contributed by atoms with Gasteiger partial charge in [-0.1, -0.05) is 90.0 Å². The molecule has 0 aromatic rings. The van der Waals surface area contributed by atoms with Gasteiger partial charge in [-0.3, -0.25) is 47.9 Å². The van der Waals surface area contributed by atoms with Gasteiger partial charge < -0.3 is 106 Å². The zero-order valence-corrected chi connectivity index (χ0v) is 55.4. The van der Waals surface area contributed by atoms with Crippen molar-refractivity contribution in [1.29, 1.82) is 0 Å². The maximum absolute atomic E-state index is 14.6. The first-order valence-electron chi connectivity index (χ1n) is 32.3. The fourth-order valence-corrected chi connectivity index (χ4v) is 9.80. The van der Waals surface area contributed by atoms with Crippen molar-refractivity contribution in [2.24, 2.45) is 17.2 Å². The molecule has 1 rings (SSSR count). The number of alkyl halides is 1. The van der Waals surface area contributed by atoms with E-state index in [1.807, 2.05) is 24.7 Å². The topological polar surface area (TPSA) is 517 Å². The molecule has 1 saturated heterocycles. The van der Waals surface area contributed by atoms with Crippen molar-refractivity contribution in [3.8, 4) is 0 Å². The molecule has 1 unspecified atom stereocenters. The zero-order chi connectivity index (χ0) is 70.0. The average Bonchev–Trinajstić information content (AvgIpc) is 1.03. The highest BCUT2D eigenvalue weighted by Crippen LogP contribution is 2.14. The fourth-order valence-electron chi connectivity index (χ4n) is 9.62. The lowest BCUT2D eigenvalue weighted by molar-refractivity contribution is -0.155. The summed E-state index contributed by atoms with van der Waals surface area (Å²) in [5, 5.41) is 76.4. The molecule has 0 bridgehead atoms. The molecule has 0 aromatic carbocycles. The minimum Gasteiger partial charge on any atom is -0.479 e. The molecule has 33 heteroatoms. The van der Waals surface area contributed by atoms with Crippen molar-refractivity contribution < 1.29 is 87.8 Å². The number of carbonyl (C=O) groups is 12. The number of carbonyl (C=O) groups excluding carboxylic acids is 11. The second-order valence-corrected chi connectivity index (χ2v) is 23.7. The molecule has 10 amide bonds. The number of carboxylic acids is 1. The predicted molar refractivity (Wildman–Crippen MR) is 342 cm³/mol. The number of nitrogens with zero attached hydrogens (tertiary/aromatic N) is 1. The summed E-state index contributed by atoms with van der Waals surface area (Å²) in [5.41, 5.74) is 16.8. The number of nitrogens with two attached hydrogens (primary N) is 3. The monoisotopic (exact) mass is 1350 g/mol. The molecule has 21 N–H and O–H groups in total. The van der Waals surface area contributed by atoms with Gasteiger partial charge in [0.25, 0.3) is 5.91 Å². The van der Waals surface area contributed by atoms with E-state index in [-0.39, 0.29) is 58.3 Å². The first-order valence-corrected chi connectivity index (χ1v) is 32.8. The Morgan fingerprint density at radius 1 is 0.613 bits per heavy atom. The van der Waals surface area contributed by atoms with Gasteiger partial charge in [-0.15, -0.1) is 11.6 Å². The van der Waals surface area contributed by atoms with Crippen LogP contribution >= 0.6 is 11.6 Å². The summed E-state index contributed by atoms with van der Waals surface area (Å²) in [6.45, 7) is 3.86. The van der Waals surface area contributed by atoms with E-state index < -0.39 is 175 Å². The number of unbranched alkanes of at least 4 members (excludes halogenated alkanes) is 13. The van der Waals surface area contributed by atoms with E-state index in [0.29, 0.717) is 19.3 Å². The Kier molecular flexibility index (Phi) is 43.6. The quantitative estimate of drug-likeness (QED) is 0.0125. The third-order valence-electron chi connectivity index (χ3n) is 15.1. The standard InChI is InChI=1S/C60H107ClN14O18/c1-6-8-9-10-11-12-13-15-18-23-37(77)32-46(80)66-43-35-93-60(92)48(44(78)34-61)73-58(89)49(50(81)59(90)91)74-51(82)38(7-2)67-57(88)47(36(3)76)72-54(85)41(26-29-64)69-52(83)39(24-19-20-27-62)68-55(86)42(71-53(84)40(25-28-63)70-56(43)87)33-45(79)65-30-21-16-14-17-22-31-75(4)5/h7,36-37,39-44,47-50,76-78,81H,6,8-35,62-64H2,1-5H3,(H,65,79)(H,66,80)(H,67,88)(H,68,86)(H,69,83)(H,70,87)(H,71,84)(H,72,85)(H,73,89)(H,74,82)(H,90,91)/b38-7+/t36-,37-,39-,40+,41-,42-,43-,44+,47-,48-,49-,50?/m0/s1. The molecule has 1 heterocycles. The highest BCUT2D eigenvalue weighted by Gasteiger charge is 2.41. The summed E-state index contributed by atoms with van der Waals surface area (Å²) >= 11 is 5.92. The summed E-state index contributed by atoms with van der Waals surface area (Å²) in [6.07, 6.45) is 4.47.